The summed E-state index contributed by atoms with van der Waals surface area (Å²) in [6, 6.07) is 17.5. The summed E-state index contributed by atoms with van der Waals surface area (Å²) < 4.78 is 0. The highest BCUT2D eigenvalue weighted by atomic mass is 35.5. The molecule has 0 bridgehead atoms. The molecule has 20 heavy (non-hydrogen) atoms. The van der Waals surface area contributed by atoms with Crippen molar-refractivity contribution in [1.29, 1.82) is 0 Å². The number of benzene rings is 2. The highest BCUT2D eigenvalue weighted by molar-refractivity contribution is 6.30. The van der Waals surface area contributed by atoms with Gasteiger partial charge in [0.05, 0.1) is 0 Å². The lowest BCUT2D eigenvalue weighted by Gasteiger charge is -2.19. The van der Waals surface area contributed by atoms with Gasteiger partial charge in [-0.2, -0.15) is 0 Å². The van der Waals surface area contributed by atoms with Crippen LogP contribution in [0.1, 0.15) is 35.1 Å². The van der Waals surface area contributed by atoms with Gasteiger partial charge in [-0.15, -0.1) is 0 Å². The fraction of sp³-hybridized carbons (Fsp3) is 0.333. The van der Waals surface area contributed by atoms with Crippen LogP contribution in [-0.4, -0.2) is 7.05 Å². The topological polar surface area (TPSA) is 12.0 Å². The van der Waals surface area contributed by atoms with Crippen LogP contribution >= 0.6 is 11.6 Å². The Balaban J connectivity index is 1.82. The summed E-state index contributed by atoms with van der Waals surface area (Å²) in [7, 11) is 2.05. The molecule has 1 nitrogen and oxygen atoms in total. The van der Waals surface area contributed by atoms with E-state index in [0.717, 1.165) is 5.02 Å². The molecule has 3 atom stereocenters. The highest BCUT2D eigenvalue weighted by Crippen LogP contribution is 2.54. The molecule has 0 aliphatic heterocycles. The molecule has 1 aliphatic carbocycles. The first kappa shape index (κ1) is 13.7. The zero-order chi connectivity index (χ0) is 14.1. The van der Waals surface area contributed by atoms with Crippen molar-refractivity contribution in [2.45, 2.75) is 25.3 Å². The normalized spacial score (nSPS) is 22.6. The van der Waals surface area contributed by atoms with E-state index in [0.29, 0.717) is 17.9 Å². The van der Waals surface area contributed by atoms with Gasteiger partial charge in [-0.1, -0.05) is 48.0 Å². The molecule has 1 N–H and O–H groups in total. The zero-order valence-electron chi connectivity index (χ0n) is 11.9. The molecular formula is C18H20ClN. The molecule has 2 aromatic carbocycles. The van der Waals surface area contributed by atoms with E-state index in [2.05, 4.69) is 61.8 Å². The average Bonchev–Trinajstić information content (AvgIpc) is 3.23. The predicted octanol–water partition coefficient (Wildman–Crippen LogP) is 4.71. The number of rotatable bonds is 4. The van der Waals surface area contributed by atoms with Gasteiger partial charge < -0.3 is 5.32 Å². The van der Waals surface area contributed by atoms with Crippen LogP contribution in [0.25, 0.3) is 0 Å². The van der Waals surface area contributed by atoms with Gasteiger partial charge in [-0.05, 0) is 61.1 Å². The molecule has 1 saturated carbocycles. The molecule has 0 amide bonds. The van der Waals surface area contributed by atoms with Gasteiger partial charge in [0.25, 0.3) is 0 Å². The smallest absolute Gasteiger partial charge is 0.0408 e. The maximum Gasteiger partial charge on any atom is 0.0408 e. The highest BCUT2D eigenvalue weighted by Gasteiger charge is 2.44. The maximum absolute atomic E-state index is 6.06. The van der Waals surface area contributed by atoms with Gasteiger partial charge in [-0.25, -0.2) is 0 Å². The molecule has 0 heterocycles. The molecule has 0 aromatic heterocycles. The third kappa shape index (κ3) is 2.61. The average molecular weight is 286 g/mol. The van der Waals surface area contributed by atoms with Crippen LogP contribution in [-0.2, 0) is 0 Å². The van der Waals surface area contributed by atoms with Crippen molar-refractivity contribution in [3.63, 3.8) is 0 Å². The molecule has 1 aliphatic rings. The molecule has 0 saturated heterocycles. The Kier molecular flexibility index (Phi) is 3.82. The molecule has 2 aromatic rings. The lowest BCUT2D eigenvalue weighted by molar-refractivity contribution is 0.515. The summed E-state index contributed by atoms with van der Waals surface area (Å²) in [4.78, 5) is 0. The Bertz CT molecular complexity index is 594. The Morgan fingerprint density at radius 2 is 1.90 bits per heavy atom. The van der Waals surface area contributed by atoms with Crippen molar-refractivity contribution >= 4 is 11.6 Å². The second kappa shape index (κ2) is 5.59. The van der Waals surface area contributed by atoms with Crippen molar-refractivity contribution < 1.29 is 0 Å². The van der Waals surface area contributed by atoms with Crippen molar-refractivity contribution in [2.75, 3.05) is 7.05 Å². The first-order valence-corrected chi connectivity index (χ1v) is 7.56. The van der Waals surface area contributed by atoms with Crippen LogP contribution in [0.2, 0.25) is 5.02 Å². The lowest BCUT2D eigenvalue weighted by atomic mass is 9.95. The van der Waals surface area contributed by atoms with Crippen molar-refractivity contribution in [1.82, 2.24) is 5.32 Å². The molecule has 3 unspecified atom stereocenters. The van der Waals surface area contributed by atoms with Crippen molar-refractivity contribution in [3.8, 4) is 0 Å². The van der Waals surface area contributed by atoms with E-state index in [-0.39, 0.29) is 0 Å². The van der Waals surface area contributed by atoms with Crippen molar-refractivity contribution in [3.05, 3.63) is 70.2 Å². The van der Waals surface area contributed by atoms with E-state index in [4.69, 9.17) is 11.6 Å². The van der Waals surface area contributed by atoms with Gasteiger partial charge in [0.2, 0.25) is 0 Å². The summed E-state index contributed by atoms with van der Waals surface area (Å²) >= 11 is 6.06. The molecule has 0 radical (unpaired) electrons. The molecule has 2 heteroatoms. The van der Waals surface area contributed by atoms with Gasteiger partial charge in [0, 0.05) is 11.1 Å². The number of hydrogen-bond acceptors (Lipinski definition) is 1. The maximum atomic E-state index is 6.06. The van der Waals surface area contributed by atoms with Crippen LogP contribution < -0.4 is 5.32 Å². The number of nitrogens with one attached hydrogen (secondary N) is 1. The second-order valence-electron chi connectivity index (χ2n) is 5.68. The van der Waals surface area contributed by atoms with Gasteiger partial charge in [0.15, 0.2) is 0 Å². The predicted molar refractivity (Wildman–Crippen MR) is 85.3 cm³/mol. The van der Waals surface area contributed by atoms with E-state index in [1.165, 1.54) is 23.1 Å². The zero-order valence-corrected chi connectivity index (χ0v) is 12.7. The van der Waals surface area contributed by atoms with Gasteiger partial charge in [0.1, 0.15) is 0 Å². The van der Waals surface area contributed by atoms with E-state index < -0.39 is 0 Å². The van der Waals surface area contributed by atoms with Crippen LogP contribution in [0.3, 0.4) is 0 Å². The largest absolute Gasteiger partial charge is 0.313 e. The third-order valence-electron chi connectivity index (χ3n) is 4.37. The monoisotopic (exact) mass is 285 g/mol. The quantitative estimate of drug-likeness (QED) is 0.858. The van der Waals surface area contributed by atoms with Crippen LogP contribution in [0.15, 0.2) is 48.5 Å². The summed E-state index contributed by atoms with van der Waals surface area (Å²) in [5.74, 6) is 1.37. The summed E-state index contributed by atoms with van der Waals surface area (Å²) in [5.41, 5.74) is 4.11. The minimum absolute atomic E-state index is 0.414. The number of hydrogen-bond donors (Lipinski definition) is 1. The summed E-state index contributed by atoms with van der Waals surface area (Å²) in [5, 5.41) is 4.31. The third-order valence-corrected chi connectivity index (χ3v) is 4.61. The first-order valence-electron chi connectivity index (χ1n) is 7.19. The summed E-state index contributed by atoms with van der Waals surface area (Å²) in [6.45, 7) is 2.14. The number of halogens is 1. The lowest BCUT2D eigenvalue weighted by Crippen LogP contribution is -2.20. The summed E-state index contributed by atoms with van der Waals surface area (Å²) in [6.07, 6.45) is 1.26. The van der Waals surface area contributed by atoms with Gasteiger partial charge >= 0.3 is 0 Å². The van der Waals surface area contributed by atoms with E-state index in [9.17, 15) is 0 Å². The van der Waals surface area contributed by atoms with Crippen LogP contribution in [0.4, 0.5) is 0 Å². The minimum Gasteiger partial charge on any atom is -0.313 e. The Morgan fingerprint density at radius 1 is 1.15 bits per heavy atom. The molecule has 1 fully saturated rings. The Hall–Kier alpha value is -1.31. The SMILES string of the molecule is CNC(c1ccc(Cl)cc1C)C1CC1c1ccccc1. The Morgan fingerprint density at radius 3 is 2.55 bits per heavy atom. The number of aryl methyl sites for hydroxylation is 1. The molecule has 3 rings (SSSR count). The van der Waals surface area contributed by atoms with E-state index in [1.54, 1.807) is 0 Å². The molecular weight excluding hydrogens is 266 g/mol. The van der Waals surface area contributed by atoms with Crippen molar-refractivity contribution in [2.24, 2.45) is 5.92 Å². The molecule has 0 spiro atoms. The second-order valence-corrected chi connectivity index (χ2v) is 6.12. The van der Waals surface area contributed by atoms with E-state index >= 15 is 0 Å². The van der Waals surface area contributed by atoms with E-state index in [1.807, 2.05) is 6.07 Å². The van der Waals surface area contributed by atoms with Gasteiger partial charge in [-0.3, -0.25) is 0 Å². The molecule has 104 valence electrons. The fourth-order valence-electron chi connectivity index (χ4n) is 3.25. The van der Waals surface area contributed by atoms with Crippen LogP contribution in [0, 0.1) is 12.8 Å². The first-order chi connectivity index (χ1) is 9.70. The standard InChI is InChI=1S/C18H20ClN/c1-12-10-14(19)8-9-15(12)18(20-2)17-11-16(17)13-6-4-3-5-7-13/h3-10,16-18,20H,11H2,1-2H3. The minimum atomic E-state index is 0.414. The Labute approximate surface area is 126 Å². The fourth-order valence-corrected chi connectivity index (χ4v) is 3.48. The van der Waals surface area contributed by atoms with Crippen LogP contribution in [0.5, 0.6) is 0 Å².